The average molecular weight is 421 g/mol. The zero-order valence-electron chi connectivity index (χ0n) is 18.0. The number of ether oxygens (including phenoxy) is 1. The molecule has 0 saturated heterocycles. The second-order valence-corrected chi connectivity index (χ2v) is 7.38. The number of nitrogens with one attached hydrogen (secondary N) is 2. The van der Waals surface area contributed by atoms with Crippen molar-refractivity contribution >= 4 is 11.4 Å². The first-order valence-corrected chi connectivity index (χ1v) is 9.78. The van der Waals surface area contributed by atoms with Crippen LogP contribution >= 0.6 is 0 Å². The number of fused-ring (bicyclic) bond motifs is 1. The van der Waals surface area contributed by atoms with Crippen molar-refractivity contribution in [3.63, 3.8) is 0 Å². The molecule has 0 radical (unpaired) electrons. The van der Waals surface area contributed by atoms with Gasteiger partial charge in [-0.25, -0.2) is 4.52 Å². The summed E-state index contributed by atoms with van der Waals surface area (Å²) < 4.78 is 12.4. The third kappa shape index (κ3) is 3.37. The van der Waals surface area contributed by atoms with Crippen LogP contribution in [0.4, 0.5) is 0 Å². The number of methoxy groups -OCH3 is 1. The van der Waals surface area contributed by atoms with Gasteiger partial charge in [-0.1, -0.05) is 5.16 Å². The highest BCUT2D eigenvalue weighted by Crippen LogP contribution is 2.34. The standard InChI is InChI=1S/C22H23N5O4/c1-11-9-17(30-5)15(21(28)25-11)10-23-22(29)18-12(2)20(19-13(3)26-31-14(19)4)27-16(18)7-6-8-24-27/h6-9H,10H2,1-5H3,(H,23,29)(H,25,28). The van der Waals surface area contributed by atoms with Crippen molar-refractivity contribution < 1.29 is 14.1 Å². The van der Waals surface area contributed by atoms with Gasteiger partial charge in [-0.3, -0.25) is 9.59 Å². The zero-order chi connectivity index (χ0) is 22.3. The fourth-order valence-corrected chi connectivity index (χ4v) is 3.90. The summed E-state index contributed by atoms with van der Waals surface area (Å²) in [7, 11) is 1.49. The second kappa shape index (κ2) is 7.75. The summed E-state index contributed by atoms with van der Waals surface area (Å²) in [5.41, 5.74) is 4.89. The van der Waals surface area contributed by atoms with E-state index in [1.165, 1.54) is 7.11 Å². The molecule has 4 heterocycles. The van der Waals surface area contributed by atoms with Crippen LogP contribution in [0.2, 0.25) is 0 Å². The largest absolute Gasteiger partial charge is 0.496 e. The van der Waals surface area contributed by atoms with Crippen molar-refractivity contribution in [3.8, 4) is 17.0 Å². The molecule has 0 fully saturated rings. The maximum atomic E-state index is 13.2. The fourth-order valence-electron chi connectivity index (χ4n) is 3.90. The van der Waals surface area contributed by atoms with Gasteiger partial charge in [0.05, 0.1) is 47.2 Å². The van der Waals surface area contributed by atoms with Gasteiger partial charge in [-0.2, -0.15) is 5.10 Å². The molecule has 2 N–H and O–H groups in total. The minimum Gasteiger partial charge on any atom is -0.496 e. The van der Waals surface area contributed by atoms with E-state index >= 15 is 0 Å². The number of aromatic nitrogens is 4. The van der Waals surface area contributed by atoms with Crippen LogP contribution in [0.1, 0.15) is 38.6 Å². The summed E-state index contributed by atoms with van der Waals surface area (Å²) in [4.78, 5) is 28.3. The Morgan fingerprint density at radius 3 is 2.74 bits per heavy atom. The van der Waals surface area contributed by atoms with E-state index in [4.69, 9.17) is 9.26 Å². The summed E-state index contributed by atoms with van der Waals surface area (Å²) >= 11 is 0. The topological polar surface area (TPSA) is 115 Å². The molecule has 0 aliphatic rings. The highest BCUT2D eigenvalue weighted by Gasteiger charge is 2.26. The number of hydrogen-bond donors (Lipinski definition) is 2. The quantitative estimate of drug-likeness (QED) is 0.512. The van der Waals surface area contributed by atoms with Crippen molar-refractivity contribution in [3.05, 3.63) is 68.6 Å². The number of carbonyl (C=O) groups is 1. The minimum atomic E-state index is -0.317. The zero-order valence-corrected chi connectivity index (χ0v) is 18.0. The van der Waals surface area contributed by atoms with E-state index in [9.17, 15) is 9.59 Å². The molecule has 0 saturated carbocycles. The van der Waals surface area contributed by atoms with Gasteiger partial charge in [0.25, 0.3) is 11.5 Å². The molecule has 0 aromatic carbocycles. The third-order valence-corrected chi connectivity index (χ3v) is 5.32. The van der Waals surface area contributed by atoms with Crippen LogP contribution in [0.5, 0.6) is 5.75 Å². The molecular weight excluding hydrogens is 398 g/mol. The van der Waals surface area contributed by atoms with Gasteiger partial charge in [0.15, 0.2) is 0 Å². The first kappa shape index (κ1) is 20.4. The van der Waals surface area contributed by atoms with E-state index in [0.29, 0.717) is 39.5 Å². The number of H-pyrrole nitrogens is 1. The molecule has 0 aliphatic heterocycles. The van der Waals surface area contributed by atoms with Crippen molar-refractivity contribution in [2.24, 2.45) is 0 Å². The molecule has 4 rings (SSSR count). The fraction of sp³-hybridized carbons (Fsp3) is 0.273. The van der Waals surface area contributed by atoms with Crippen LogP contribution in [0, 0.1) is 27.7 Å². The molecule has 0 aliphatic carbocycles. The summed E-state index contributed by atoms with van der Waals surface area (Å²) in [5.74, 6) is 0.759. The highest BCUT2D eigenvalue weighted by atomic mass is 16.5. The molecule has 0 bridgehead atoms. The number of amides is 1. The Labute approximate surface area is 178 Å². The summed E-state index contributed by atoms with van der Waals surface area (Å²) in [5, 5.41) is 11.3. The smallest absolute Gasteiger partial charge is 0.256 e. The number of aryl methyl sites for hydroxylation is 3. The van der Waals surface area contributed by atoms with E-state index in [2.05, 4.69) is 20.6 Å². The first-order chi connectivity index (χ1) is 14.8. The number of hydrogen-bond acceptors (Lipinski definition) is 6. The van der Waals surface area contributed by atoms with Crippen LogP contribution < -0.4 is 15.6 Å². The maximum Gasteiger partial charge on any atom is 0.256 e. The van der Waals surface area contributed by atoms with Gasteiger partial charge >= 0.3 is 0 Å². The lowest BCUT2D eigenvalue weighted by Gasteiger charge is -2.10. The SMILES string of the molecule is COc1cc(C)[nH]c(=O)c1CNC(=O)c1c(C)c(-c2c(C)noc2C)n2ncccc12. The third-order valence-electron chi connectivity index (χ3n) is 5.32. The number of pyridine rings is 1. The van der Waals surface area contributed by atoms with E-state index in [0.717, 1.165) is 16.8 Å². The van der Waals surface area contributed by atoms with Crippen LogP contribution in [0.15, 0.2) is 33.7 Å². The molecule has 9 heteroatoms. The molecule has 0 unspecified atom stereocenters. The van der Waals surface area contributed by atoms with Gasteiger partial charge < -0.3 is 19.6 Å². The normalized spacial score (nSPS) is 11.1. The second-order valence-electron chi connectivity index (χ2n) is 7.38. The Hall–Kier alpha value is -3.88. The Morgan fingerprint density at radius 1 is 1.29 bits per heavy atom. The van der Waals surface area contributed by atoms with Gasteiger partial charge in [0.1, 0.15) is 11.5 Å². The summed E-state index contributed by atoms with van der Waals surface area (Å²) in [6.45, 7) is 7.34. The average Bonchev–Trinajstić information content (AvgIpc) is 3.21. The van der Waals surface area contributed by atoms with E-state index in [-0.39, 0.29) is 18.0 Å². The number of nitrogens with zero attached hydrogens (tertiary/aromatic N) is 3. The predicted octanol–water partition coefficient (Wildman–Crippen LogP) is 2.85. The predicted molar refractivity (Wildman–Crippen MR) is 114 cm³/mol. The van der Waals surface area contributed by atoms with Gasteiger partial charge in [-0.15, -0.1) is 0 Å². The maximum absolute atomic E-state index is 13.2. The van der Waals surface area contributed by atoms with E-state index in [1.54, 1.807) is 29.8 Å². The van der Waals surface area contributed by atoms with Crippen LogP contribution in [0.25, 0.3) is 16.8 Å². The molecule has 4 aromatic rings. The lowest BCUT2D eigenvalue weighted by atomic mass is 10.0. The van der Waals surface area contributed by atoms with E-state index in [1.807, 2.05) is 26.8 Å². The van der Waals surface area contributed by atoms with Gasteiger partial charge in [-0.05, 0) is 51.5 Å². The van der Waals surface area contributed by atoms with Crippen molar-refractivity contribution in [1.29, 1.82) is 0 Å². The van der Waals surface area contributed by atoms with Crippen LogP contribution in [-0.4, -0.2) is 32.8 Å². The summed E-state index contributed by atoms with van der Waals surface area (Å²) in [6, 6.07) is 5.33. The summed E-state index contributed by atoms with van der Waals surface area (Å²) in [6.07, 6.45) is 1.66. The Balaban J connectivity index is 1.77. The molecule has 0 spiro atoms. The monoisotopic (exact) mass is 421 g/mol. The van der Waals surface area contributed by atoms with Crippen LogP contribution in [-0.2, 0) is 6.54 Å². The first-order valence-electron chi connectivity index (χ1n) is 9.78. The number of aromatic amines is 1. The molecule has 31 heavy (non-hydrogen) atoms. The molecule has 160 valence electrons. The molecule has 1 amide bonds. The van der Waals surface area contributed by atoms with Crippen molar-refractivity contribution in [2.75, 3.05) is 7.11 Å². The molecule has 0 atom stereocenters. The molecule has 9 nitrogen and oxygen atoms in total. The number of carbonyl (C=O) groups excluding carboxylic acids is 1. The Kier molecular flexibility index (Phi) is 5.10. The van der Waals surface area contributed by atoms with Gasteiger partial charge in [0.2, 0.25) is 0 Å². The minimum absolute atomic E-state index is 0.0231. The number of rotatable bonds is 5. The van der Waals surface area contributed by atoms with Crippen molar-refractivity contribution in [1.82, 2.24) is 25.1 Å². The lowest BCUT2D eigenvalue weighted by Crippen LogP contribution is -2.28. The Bertz CT molecular complexity index is 1340. The molecule has 4 aromatic heterocycles. The molecular formula is C22H23N5O4. The Morgan fingerprint density at radius 2 is 2.06 bits per heavy atom. The highest BCUT2D eigenvalue weighted by molar-refractivity contribution is 6.05. The van der Waals surface area contributed by atoms with Crippen molar-refractivity contribution in [2.45, 2.75) is 34.2 Å². The van der Waals surface area contributed by atoms with Gasteiger partial charge in [0, 0.05) is 11.9 Å². The lowest BCUT2D eigenvalue weighted by molar-refractivity contribution is 0.0951. The van der Waals surface area contributed by atoms with Crippen LogP contribution in [0.3, 0.4) is 0 Å². The van der Waals surface area contributed by atoms with E-state index < -0.39 is 0 Å².